The molecule has 4 rings (SSSR count). The molecule has 1 heterocycles. The fourth-order valence-corrected chi connectivity index (χ4v) is 4.39. The average molecular weight is 450 g/mol. The molecule has 0 spiro atoms. The number of alkyl carbamates (subject to hydrolysis) is 1. The van der Waals surface area contributed by atoms with Gasteiger partial charge in [-0.2, -0.15) is 0 Å². The van der Waals surface area contributed by atoms with E-state index in [0.29, 0.717) is 0 Å². The lowest BCUT2D eigenvalue weighted by Gasteiger charge is -2.25. The van der Waals surface area contributed by atoms with Crippen molar-refractivity contribution in [2.24, 2.45) is 5.92 Å². The highest BCUT2D eigenvalue weighted by Gasteiger charge is 2.38. The molecular weight excluding hydrogens is 424 g/mol. The third-order valence-corrected chi connectivity index (χ3v) is 6.18. The van der Waals surface area contributed by atoms with Crippen molar-refractivity contribution < 1.29 is 29.0 Å². The minimum absolute atomic E-state index is 0.0234. The van der Waals surface area contributed by atoms with Crippen LogP contribution in [0.3, 0.4) is 0 Å². The Hall–Kier alpha value is -3.65. The van der Waals surface area contributed by atoms with E-state index in [4.69, 9.17) is 9.47 Å². The number of carbonyl (C=O) groups excluding carboxylic acids is 2. The van der Waals surface area contributed by atoms with Crippen LogP contribution in [-0.4, -0.2) is 67.4 Å². The van der Waals surface area contributed by atoms with E-state index in [1.165, 1.54) is 17.1 Å². The predicted octanol–water partition coefficient (Wildman–Crippen LogP) is 2.64. The summed E-state index contributed by atoms with van der Waals surface area (Å²) >= 11 is 0. The third kappa shape index (κ3) is 4.75. The van der Waals surface area contributed by atoms with Crippen molar-refractivity contribution >= 4 is 18.0 Å². The minimum atomic E-state index is -0.988. The Morgan fingerprint density at radius 1 is 1.09 bits per heavy atom. The summed E-state index contributed by atoms with van der Waals surface area (Å²) in [6.45, 7) is 0.596. The Morgan fingerprint density at radius 3 is 2.36 bits per heavy atom. The zero-order chi connectivity index (χ0) is 23.4. The molecule has 2 N–H and O–H groups in total. The SMILES string of the molecule is CN(C(=O)/C=C/CNC(=O)OCC1c2ccccc2-c2ccccc21)C1COCC1C(=O)O. The molecule has 0 saturated carbocycles. The van der Waals surface area contributed by atoms with Gasteiger partial charge >= 0.3 is 12.1 Å². The van der Waals surface area contributed by atoms with E-state index in [1.54, 1.807) is 7.05 Å². The average Bonchev–Trinajstić information content (AvgIpc) is 3.43. The Balaban J connectivity index is 1.26. The van der Waals surface area contributed by atoms with Gasteiger partial charge in [-0.3, -0.25) is 9.59 Å². The topological polar surface area (TPSA) is 105 Å². The van der Waals surface area contributed by atoms with Gasteiger partial charge in [-0.1, -0.05) is 54.6 Å². The van der Waals surface area contributed by atoms with Crippen molar-refractivity contribution in [3.8, 4) is 11.1 Å². The van der Waals surface area contributed by atoms with Gasteiger partial charge in [0.15, 0.2) is 0 Å². The van der Waals surface area contributed by atoms with Crippen molar-refractivity contribution in [2.75, 3.05) is 33.4 Å². The maximum atomic E-state index is 12.3. The predicted molar refractivity (Wildman–Crippen MR) is 121 cm³/mol. The van der Waals surface area contributed by atoms with Crippen LogP contribution in [0.4, 0.5) is 4.79 Å². The number of nitrogens with one attached hydrogen (secondary N) is 1. The lowest BCUT2D eigenvalue weighted by molar-refractivity contribution is -0.143. The molecule has 2 unspecified atom stereocenters. The minimum Gasteiger partial charge on any atom is -0.481 e. The van der Waals surface area contributed by atoms with Crippen molar-refractivity contribution in [3.63, 3.8) is 0 Å². The molecule has 1 fully saturated rings. The van der Waals surface area contributed by atoms with Gasteiger partial charge in [0.1, 0.15) is 12.5 Å². The number of nitrogens with zero attached hydrogens (tertiary/aromatic N) is 1. The van der Waals surface area contributed by atoms with Crippen molar-refractivity contribution in [1.29, 1.82) is 0 Å². The number of carboxylic acid groups (broad SMARTS) is 1. The molecule has 8 nitrogen and oxygen atoms in total. The molecule has 2 aromatic rings. The van der Waals surface area contributed by atoms with Gasteiger partial charge in [-0.05, 0) is 22.3 Å². The summed E-state index contributed by atoms with van der Waals surface area (Å²) < 4.78 is 10.7. The molecule has 1 aliphatic carbocycles. The van der Waals surface area contributed by atoms with Crippen molar-refractivity contribution in [2.45, 2.75) is 12.0 Å². The number of hydrogen-bond donors (Lipinski definition) is 2. The Morgan fingerprint density at radius 2 is 1.73 bits per heavy atom. The smallest absolute Gasteiger partial charge is 0.407 e. The number of hydrogen-bond acceptors (Lipinski definition) is 5. The van der Waals surface area contributed by atoms with Crippen LogP contribution in [0.25, 0.3) is 11.1 Å². The normalized spacial score (nSPS) is 19.2. The van der Waals surface area contributed by atoms with E-state index in [-0.39, 0.29) is 38.2 Å². The fourth-order valence-electron chi connectivity index (χ4n) is 4.39. The van der Waals surface area contributed by atoms with Crippen molar-refractivity contribution in [3.05, 3.63) is 71.8 Å². The van der Waals surface area contributed by atoms with Crippen LogP contribution in [-0.2, 0) is 19.1 Å². The molecule has 1 aliphatic heterocycles. The molecule has 2 amide bonds. The summed E-state index contributed by atoms with van der Waals surface area (Å²) in [5.74, 6) is -2.11. The quantitative estimate of drug-likeness (QED) is 0.629. The summed E-state index contributed by atoms with van der Waals surface area (Å²) in [5.41, 5.74) is 4.59. The first-order valence-electron chi connectivity index (χ1n) is 10.8. The van der Waals surface area contributed by atoms with Gasteiger partial charge in [0.05, 0.1) is 19.3 Å². The van der Waals surface area contributed by atoms with Crippen LogP contribution < -0.4 is 5.32 Å². The lowest BCUT2D eigenvalue weighted by atomic mass is 9.98. The van der Waals surface area contributed by atoms with E-state index in [9.17, 15) is 19.5 Å². The van der Waals surface area contributed by atoms with E-state index in [2.05, 4.69) is 29.6 Å². The third-order valence-electron chi connectivity index (χ3n) is 6.18. The number of likely N-dealkylation sites (N-methyl/N-ethyl adjacent to an activating group) is 1. The number of aliphatic carboxylic acids is 1. The van der Waals surface area contributed by atoms with E-state index < -0.39 is 24.0 Å². The molecule has 33 heavy (non-hydrogen) atoms. The maximum Gasteiger partial charge on any atom is 0.407 e. The van der Waals surface area contributed by atoms with Crippen LogP contribution in [0.2, 0.25) is 0 Å². The second-order valence-electron chi connectivity index (χ2n) is 8.11. The number of carbonyl (C=O) groups is 3. The standard InChI is InChI=1S/C25H26N2O6/c1-27(22-15-32-13-21(22)24(29)30)23(28)11-6-12-26-25(31)33-14-20-18-9-4-2-7-16(18)17-8-3-5-10-19(17)20/h2-11,20-22H,12-15H2,1H3,(H,26,31)(H,29,30)/b11-6+. The van der Waals surface area contributed by atoms with Gasteiger partial charge in [0.25, 0.3) is 0 Å². The van der Waals surface area contributed by atoms with Crippen LogP contribution in [0.1, 0.15) is 17.0 Å². The Kier molecular flexibility index (Phi) is 6.74. The Bertz CT molecular complexity index is 1040. The molecule has 0 radical (unpaired) electrons. The number of amides is 2. The van der Waals surface area contributed by atoms with E-state index in [1.807, 2.05) is 24.3 Å². The Labute approximate surface area is 191 Å². The zero-order valence-corrected chi connectivity index (χ0v) is 18.3. The molecule has 0 bridgehead atoms. The first-order chi connectivity index (χ1) is 16.0. The summed E-state index contributed by atoms with van der Waals surface area (Å²) in [6, 6.07) is 15.7. The highest BCUT2D eigenvalue weighted by Crippen LogP contribution is 2.44. The highest BCUT2D eigenvalue weighted by molar-refractivity contribution is 5.88. The number of rotatable bonds is 7. The summed E-state index contributed by atoms with van der Waals surface area (Å²) in [6.07, 6.45) is 2.24. The van der Waals surface area contributed by atoms with Gasteiger partial charge in [-0.25, -0.2) is 4.79 Å². The molecule has 0 aromatic heterocycles. The second kappa shape index (κ2) is 9.87. The van der Waals surface area contributed by atoms with Gasteiger partial charge < -0.3 is 24.8 Å². The number of fused-ring (bicyclic) bond motifs is 3. The molecule has 1 saturated heterocycles. The van der Waals surface area contributed by atoms with E-state index in [0.717, 1.165) is 22.3 Å². The molecule has 2 atom stereocenters. The monoisotopic (exact) mass is 450 g/mol. The lowest BCUT2D eigenvalue weighted by Crippen LogP contribution is -2.43. The van der Waals surface area contributed by atoms with Crippen molar-refractivity contribution in [1.82, 2.24) is 10.2 Å². The highest BCUT2D eigenvalue weighted by atomic mass is 16.5. The molecule has 8 heteroatoms. The molecular formula is C25H26N2O6. The van der Waals surface area contributed by atoms with Gasteiger partial charge in [-0.15, -0.1) is 0 Å². The second-order valence-corrected chi connectivity index (χ2v) is 8.11. The summed E-state index contributed by atoms with van der Waals surface area (Å²) in [7, 11) is 1.54. The van der Waals surface area contributed by atoms with E-state index >= 15 is 0 Å². The van der Waals surface area contributed by atoms with Crippen LogP contribution >= 0.6 is 0 Å². The largest absolute Gasteiger partial charge is 0.481 e. The van der Waals surface area contributed by atoms with Crippen LogP contribution in [0, 0.1) is 5.92 Å². The zero-order valence-electron chi connectivity index (χ0n) is 18.3. The van der Waals surface area contributed by atoms with Gasteiger partial charge in [0, 0.05) is 25.6 Å². The number of benzene rings is 2. The number of carboxylic acids is 1. The fraction of sp³-hybridized carbons (Fsp3) is 0.320. The first kappa shape index (κ1) is 22.5. The van der Waals surface area contributed by atoms with Crippen LogP contribution in [0.15, 0.2) is 60.7 Å². The molecule has 2 aliphatic rings. The maximum absolute atomic E-state index is 12.3. The summed E-state index contributed by atoms with van der Waals surface area (Å²) in [4.78, 5) is 37.1. The van der Waals surface area contributed by atoms with Gasteiger partial charge in [0.2, 0.25) is 5.91 Å². The van der Waals surface area contributed by atoms with Crippen LogP contribution in [0.5, 0.6) is 0 Å². The first-order valence-corrected chi connectivity index (χ1v) is 10.8. The molecule has 2 aromatic carbocycles. The number of ether oxygens (including phenoxy) is 2. The molecule has 172 valence electrons. The summed E-state index contributed by atoms with van der Waals surface area (Å²) in [5, 5.41) is 11.8.